The highest BCUT2D eigenvalue weighted by atomic mass is 19.4. The van der Waals surface area contributed by atoms with Gasteiger partial charge in [0.1, 0.15) is 11.4 Å². The topological polar surface area (TPSA) is 89.3 Å². The molecule has 10 heteroatoms. The molecule has 0 unspecified atom stereocenters. The van der Waals surface area contributed by atoms with E-state index in [1.807, 2.05) is 0 Å². The van der Waals surface area contributed by atoms with E-state index in [1.165, 1.54) is 29.1 Å². The summed E-state index contributed by atoms with van der Waals surface area (Å²) in [5, 5.41) is 16.1. The van der Waals surface area contributed by atoms with Gasteiger partial charge in [-0.15, -0.1) is 13.2 Å². The number of pyridine rings is 1. The molecule has 0 radical (unpaired) electrons. The Morgan fingerprint density at radius 1 is 1.30 bits per heavy atom. The van der Waals surface area contributed by atoms with Gasteiger partial charge in [0.25, 0.3) is 5.91 Å². The van der Waals surface area contributed by atoms with Crippen molar-refractivity contribution < 1.29 is 27.8 Å². The zero-order valence-electron chi connectivity index (χ0n) is 13.9. The fourth-order valence-corrected chi connectivity index (χ4v) is 2.54. The molecule has 0 atom stereocenters. The normalized spacial score (nSPS) is 11.6. The van der Waals surface area contributed by atoms with Crippen molar-refractivity contribution in [3.05, 3.63) is 54.0 Å². The number of hydrogen-bond acceptors (Lipinski definition) is 5. The predicted octanol–water partition coefficient (Wildman–Crippen LogP) is 2.10. The number of nitrogens with zero attached hydrogens (tertiary/aromatic N) is 3. The highest BCUT2D eigenvalue weighted by Gasteiger charge is 2.31. The van der Waals surface area contributed by atoms with E-state index < -0.39 is 12.3 Å². The SMILES string of the molecule is O=C(NCCO)c1nccc2nn(Cc3cccc(OC(F)(F)F)c3)cc12. The van der Waals surface area contributed by atoms with Gasteiger partial charge in [0.2, 0.25) is 0 Å². The summed E-state index contributed by atoms with van der Waals surface area (Å²) in [4.78, 5) is 16.2. The number of rotatable bonds is 6. The van der Waals surface area contributed by atoms with E-state index >= 15 is 0 Å². The van der Waals surface area contributed by atoms with Crippen LogP contribution in [0.3, 0.4) is 0 Å². The molecule has 1 aromatic carbocycles. The predicted molar refractivity (Wildman–Crippen MR) is 89.2 cm³/mol. The van der Waals surface area contributed by atoms with E-state index in [9.17, 15) is 18.0 Å². The van der Waals surface area contributed by atoms with E-state index in [1.54, 1.807) is 18.3 Å². The van der Waals surface area contributed by atoms with Gasteiger partial charge in [-0.1, -0.05) is 12.1 Å². The third kappa shape index (κ3) is 4.73. The molecule has 2 aromatic heterocycles. The van der Waals surface area contributed by atoms with Crippen LogP contribution in [0.15, 0.2) is 42.7 Å². The van der Waals surface area contributed by atoms with Crippen molar-refractivity contribution in [2.24, 2.45) is 0 Å². The Labute approximate surface area is 151 Å². The van der Waals surface area contributed by atoms with Crippen molar-refractivity contribution in [1.82, 2.24) is 20.1 Å². The molecule has 0 aliphatic carbocycles. The zero-order valence-corrected chi connectivity index (χ0v) is 13.9. The van der Waals surface area contributed by atoms with Crippen LogP contribution in [0, 0.1) is 0 Å². The lowest BCUT2D eigenvalue weighted by Crippen LogP contribution is -2.27. The second-order valence-electron chi connectivity index (χ2n) is 5.59. The van der Waals surface area contributed by atoms with Gasteiger partial charge in [-0.2, -0.15) is 5.10 Å². The minimum Gasteiger partial charge on any atom is -0.406 e. The van der Waals surface area contributed by atoms with Crippen LogP contribution in [0.1, 0.15) is 16.1 Å². The summed E-state index contributed by atoms with van der Waals surface area (Å²) in [5.41, 5.74) is 1.21. The molecule has 7 nitrogen and oxygen atoms in total. The largest absolute Gasteiger partial charge is 0.573 e. The molecular formula is C17H15F3N4O3. The first-order valence-electron chi connectivity index (χ1n) is 7.91. The van der Waals surface area contributed by atoms with Gasteiger partial charge in [0.15, 0.2) is 0 Å². The molecule has 0 saturated carbocycles. The van der Waals surface area contributed by atoms with E-state index in [0.29, 0.717) is 16.5 Å². The van der Waals surface area contributed by atoms with Crippen LogP contribution in [-0.2, 0) is 6.54 Å². The summed E-state index contributed by atoms with van der Waals surface area (Å²) in [6.45, 7) is 0.0792. The Morgan fingerprint density at radius 2 is 2.11 bits per heavy atom. The summed E-state index contributed by atoms with van der Waals surface area (Å²) < 4.78 is 42.5. The van der Waals surface area contributed by atoms with Gasteiger partial charge in [-0.05, 0) is 23.8 Å². The van der Waals surface area contributed by atoms with Crippen molar-refractivity contribution in [1.29, 1.82) is 0 Å². The van der Waals surface area contributed by atoms with Crippen molar-refractivity contribution in [2.75, 3.05) is 13.2 Å². The smallest absolute Gasteiger partial charge is 0.406 e. The number of aliphatic hydroxyl groups excluding tert-OH is 1. The summed E-state index contributed by atoms with van der Waals surface area (Å²) in [7, 11) is 0. The third-order valence-corrected chi connectivity index (χ3v) is 3.57. The minimum absolute atomic E-state index is 0.0943. The van der Waals surface area contributed by atoms with E-state index in [-0.39, 0.29) is 31.1 Å². The lowest BCUT2D eigenvalue weighted by Gasteiger charge is -2.10. The van der Waals surface area contributed by atoms with Gasteiger partial charge in [0, 0.05) is 18.9 Å². The molecule has 0 aliphatic heterocycles. The van der Waals surface area contributed by atoms with Gasteiger partial charge in [-0.25, -0.2) is 0 Å². The molecule has 3 rings (SSSR count). The van der Waals surface area contributed by atoms with Crippen molar-refractivity contribution in [3.63, 3.8) is 0 Å². The molecule has 0 aliphatic rings. The fraction of sp³-hybridized carbons (Fsp3) is 0.235. The number of carbonyl (C=O) groups is 1. The third-order valence-electron chi connectivity index (χ3n) is 3.57. The molecular weight excluding hydrogens is 365 g/mol. The van der Waals surface area contributed by atoms with Crippen LogP contribution >= 0.6 is 0 Å². The molecule has 27 heavy (non-hydrogen) atoms. The Balaban J connectivity index is 1.84. The number of carbonyl (C=O) groups excluding carboxylic acids is 1. The Morgan fingerprint density at radius 3 is 2.85 bits per heavy atom. The Hall–Kier alpha value is -3.14. The number of amides is 1. The average molecular weight is 380 g/mol. The van der Waals surface area contributed by atoms with E-state index in [4.69, 9.17) is 5.11 Å². The van der Waals surface area contributed by atoms with E-state index in [0.717, 1.165) is 0 Å². The molecule has 142 valence electrons. The molecule has 2 N–H and O–H groups in total. The number of benzene rings is 1. The lowest BCUT2D eigenvalue weighted by molar-refractivity contribution is -0.274. The maximum Gasteiger partial charge on any atom is 0.573 e. The number of fused-ring (bicyclic) bond motifs is 1. The van der Waals surface area contributed by atoms with Gasteiger partial charge >= 0.3 is 6.36 Å². The molecule has 0 bridgehead atoms. The maximum absolute atomic E-state index is 12.3. The average Bonchev–Trinajstić information content (AvgIpc) is 3.00. The second-order valence-corrected chi connectivity index (χ2v) is 5.59. The Kier molecular flexibility index (Phi) is 5.26. The van der Waals surface area contributed by atoms with Crippen LogP contribution in [-0.4, -0.2) is 45.3 Å². The van der Waals surface area contributed by atoms with Crippen molar-refractivity contribution in [2.45, 2.75) is 12.9 Å². The maximum atomic E-state index is 12.3. The summed E-state index contributed by atoms with van der Waals surface area (Å²) in [5.74, 6) is -0.766. The van der Waals surface area contributed by atoms with Crippen LogP contribution in [0.25, 0.3) is 10.9 Å². The first kappa shape index (κ1) is 18.6. The highest BCUT2D eigenvalue weighted by molar-refractivity contribution is 6.04. The standard InChI is InChI=1S/C17H15F3N4O3/c18-17(19,20)27-12-3-1-2-11(8-12)9-24-10-13-14(23-24)4-5-21-15(13)16(26)22-6-7-25/h1-5,8,10,25H,6-7,9H2,(H,22,26). The lowest BCUT2D eigenvalue weighted by atomic mass is 10.2. The summed E-state index contributed by atoms with van der Waals surface area (Å²) >= 11 is 0. The number of ether oxygens (including phenoxy) is 1. The molecule has 0 saturated heterocycles. The number of aromatic nitrogens is 3. The number of halogens is 3. The first-order valence-corrected chi connectivity index (χ1v) is 7.91. The van der Waals surface area contributed by atoms with Gasteiger partial charge < -0.3 is 15.2 Å². The second kappa shape index (κ2) is 7.62. The van der Waals surface area contributed by atoms with Gasteiger partial charge in [0.05, 0.1) is 24.1 Å². The molecule has 2 heterocycles. The number of hydrogen-bond donors (Lipinski definition) is 2. The van der Waals surface area contributed by atoms with Gasteiger partial charge in [-0.3, -0.25) is 14.5 Å². The summed E-state index contributed by atoms with van der Waals surface area (Å²) in [6.07, 6.45) is -1.74. The molecule has 0 fully saturated rings. The molecule has 3 aromatic rings. The number of nitrogens with one attached hydrogen (secondary N) is 1. The quantitative estimate of drug-likeness (QED) is 0.684. The summed E-state index contributed by atoms with van der Waals surface area (Å²) in [6, 6.07) is 7.20. The van der Waals surface area contributed by atoms with Crippen LogP contribution in [0.4, 0.5) is 13.2 Å². The minimum atomic E-state index is -4.76. The first-order chi connectivity index (χ1) is 12.9. The zero-order chi connectivity index (χ0) is 19.4. The van der Waals surface area contributed by atoms with Crippen LogP contribution < -0.4 is 10.1 Å². The van der Waals surface area contributed by atoms with Crippen molar-refractivity contribution in [3.8, 4) is 5.75 Å². The molecule has 0 spiro atoms. The number of alkyl halides is 3. The highest BCUT2D eigenvalue weighted by Crippen LogP contribution is 2.24. The Bertz CT molecular complexity index is 956. The fourth-order valence-electron chi connectivity index (χ4n) is 2.54. The van der Waals surface area contributed by atoms with Crippen LogP contribution in [0.2, 0.25) is 0 Å². The molecule has 1 amide bonds. The number of aliphatic hydroxyl groups is 1. The van der Waals surface area contributed by atoms with Crippen molar-refractivity contribution >= 4 is 16.8 Å². The monoisotopic (exact) mass is 380 g/mol. The van der Waals surface area contributed by atoms with E-state index in [2.05, 4.69) is 20.1 Å². The van der Waals surface area contributed by atoms with Crippen LogP contribution in [0.5, 0.6) is 5.75 Å².